The van der Waals surface area contributed by atoms with Crippen LogP contribution in [0.5, 0.6) is 0 Å². The molecule has 0 radical (unpaired) electrons. The lowest BCUT2D eigenvalue weighted by Gasteiger charge is -2.09. The van der Waals surface area contributed by atoms with E-state index in [2.05, 4.69) is 20.7 Å². The maximum absolute atomic E-state index is 12.7. The number of hydrogen-bond acceptors (Lipinski definition) is 4. The normalized spacial score (nSPS) is 10.8. The molecule has 2 heterocycles. The standard InChI is InChI=1S/C21H19N5O2/c1-13-8-10-16(11-9-13)23-19-18(24-21(28)15-6-4-3-5-7-15)20-22-14(2)12-17(27)26(20)25-19/h3-12,23,25H,1-2H3,(H,24,28). The van der Waals surface area contributed by atoms with Crippen molar-refractivity contribution >= 4 is 28.7 Å². The Labute approximate surface area is 161 Å². The van der Waals surface area contributed by atoms with Crippen molar-refractivity contribution in [2.75, 3.05) is 10.6 Å². The lowest BCUT2D eigenvalue weighted by Crippen LogP contribution is -2.16. The summed E-state index contributed by atoms with van der Waals surface area (Å²) in [4.78, 5) is 29.5. The third-order valence-corrected chi connectivity index (χ3v) is 4.34. The Hall–Kier alpha value is -3.87. The SMILES string of the molecule is Cc1ccc(Nc2[nH]n3c(=O)cc(C)nc3c2NC(=O)c2ccccc2)cc1. The van der Waals surface area contributed by atoms with Crippen LogP contribution in [-0.4, -0.2) is 20.5 Å². The first kappa shape index (κ1) is 17.5. The fraction of sp³-hybridized carbons (Fsp3) is 0.0952. The molecule has 0 spiro atoms. The minimum atomic E-state index is -0.287. The molecule has 7 nitrogen and oxygen atoms in total. The monoisotopic (exact) mass is 373 g/mol. The topological polar surface area (TPSA) is 91.3 Å². The van der Waals surface area contributed by atoms with Gasteiger partial charge in [-0.1, -0.05) is 35.9 Å². The Morgan fingerprint density at radius 2 is 1.75 bits per heavy atom. The van der Waals surface area contributed by atoms with Crippen molar-refractivity contribution in [1.82, 2.24) is 14.6 Å². The second-order valence-electron chi connectivity index (χ2n) is 6.57. The first-order chi connectivity index (χ1) is 13.5. The number of carbonyl (C=O) groups excluding carboxylic acids is 1. The summed E-state index contributed by atoms with van der Waals surface area (Å²) in [7, 11) is 0. The molecule has 4 rings (SSSR count). The van der Waals surface area contributed by atoms with Gasteiger partial charge in [0, 0.05) is 23.0 Å². The van der Waals surface area contributed by atoms with E-state index >= 15 is 0 Å². The number of aryl methyl sites for hydroxylation is 2. The number of rotatable bonds is 4. The molecule has 0 saturated carbocycles. The van der Waals surface area contributed by atoms with Crippen LogP contribution >= 0.6 is 0 Å². The van der Waals surface area contributed by atoms with Crippen molar-refractivity contribution in [1.29, 1.82) is 0 Å². The predicted octanol–water partition coefficient (Wildman–Crippen LogP) is 3.64. The number of nitrogens with one attached hydrogen (secondary N) is 3. The van der Waals surface area contributed by atoms with Crippen LogP contribution < -0.4 is 16.2 Å². The largest absolute Gasteiger partial charge is 0.339 e. The summed E-state index contributed by atoms with van der Waals surface area (Å²) >= 11 is 0. The van der Waals surface area contributed by atoms with E-state index in [1.807, 2.05) is 37.3 Å². The first-order valence-corrected chi connectivity index (χ1v) is 8.84. The van der Waals surface area contributed by atoms with Crippen molar-refractivity contribution < 1.29 is 4.79 Å². The van der Waals surface area contributed by atoms with Crippen molar-refractivity contribution in [3.8, 4) is 0 Å². The number of aromatic nitrogens is 3. The summed E-state index contributed by atoms with van der Waals surface area (Å²) < 4.78 is 1.31. The van der Waals surface area contributed by atoms with Gasteiger partial charge in [-0.25, -0.2) is 4.98 Å². The van der Waals surface area contributed by atoms with E-state index in [-0.39, 0.29) is 11.5 Å². The quantitative estimate of drug-likeness (QED) is 0.509. The fourth-order valence-electron chi connectivity index (χ4n) is 2.92. The van der Waals surface area contributed by atoms with Gasteiger partial charge in [-0.3, -0.25) is 14.7 Å². The van der Waals surface area contributed by atoms with E-state index in [0.717, 1.165) is 11.3 Å². The molecule has 0 aliphatic heterocycles. The molecular weight excluding hydrogens is 354 g/mol. The second-order valence-corrected chi connectivity index (χ2v) is 6.57. The van der Waals surface area contributed by atoms with Crippen LogP contribution in [0.1, 0.15) is 21.6 Å². The average Bonchev–Trinajstić information content (AvgIpc) is 3.02. The molecule has 0 unspecified atom stereocenters. The molecule has 0 aliphatic rings. The molecular formula is C21H19N5O2. The first-order valence-electron chi connectivity index (χ1n) is 8.84. The molecule has 28 heavy (non-hydrogen) atoms. The van der Waals surface area contributed by atoms with Gasteiger partial charge in [-0.15, -0.1) is 0 Å². The Kier molecular flexibility index (Phi) is 4.41. The maximum atomic E-state index is 12.7. The Balaban J connectivity index is 1.80. The summed E-state index contributed by atoms with van der Waals surface area (Å²) in [5.74, 6) is 0.188. The smallest absolute Gasteiger partial charge is 0.273 e. The van der Waals surface area contributed by atoms with Crippen molar-refractivity contribution in [2.24, 2.45) is 0 Å². The van der Waals surface area contributed by atoms with Gasteiger partial charge in [-0.05, 0) is 38.1 Å². The molecule has 3 N–H and O–H groups in total. The molecule has 2 aromatic heterocycles. The number of fused-ring (bicyclic) bond motifs is 1. The highest BCUT2D eigenvalue weighted by Crippen LogP contribution is 2.28. The van der Waals surface area contributed by atoms with Crippen molar-refractivity contribution in [3.05, 3.63) is 87.8 Å². The molecule has 0 atom stereocenters. The van der Waals surface area contributed by atoms with Crippen LogP contribution in [0.2, 0.25) is 0 Å². The van der Waals surface area contributed by atoms with E-state index in [0.29, 0.717) is 28.4 Å². The highest BCUT2D eigenvalue weighted by molar-refractivity contribution is 6.08. The zero-order valence-corrected chi connectivity index (χ0v) is 15.5. The van der Waals surface area contributed by atoms with E-state index in [1.54, 1.807) is 31.2 Å². The van der Waals surface area contributed by atoms with Gasteiger partial charge in [-0.2, -0.15) is 4.52 Å². The predicted molar refractivity (Wildman–Crippen MR) is 109 cm³/mol. The van der Waals surface area contributed by atoms with Crippen LogP contribution in [0.25, 0.3) is 5.65 Å². The van der Waals surface area contributed by atoms with Crippen LogP contribution in [0.15, 0.2) is 65.5 Å². The molecule has 7 heteroatoms. The van der Waals surface area contributed by atoms with Crippen molar-refractivity contribution in [2.45, 2.75) is 13.8 Å². The summed E-state index contributed by atoms with van der Waals surface area (Å²) in [6, 6.07) is 18.1. The van der Waals surface area contributed by atoms with E-state index in [9.17, 15) is 9.59 Å². The summed E-state index contributed by atoms with van der Waals surface area (Å²) in [6.07, 6.45) is 0. The lowest BCUT2D eigenvalue weighted by atomic mass is 10.2. The van der Waals surface area contributed by atoms with E-state index in [1.165, 1.54) is 10.6 Å². The molecule has 0 saturated heterocycles. The summed E-state index contributed by atoms with van der Waals surface area (Å²) in [6.45, 7) is 3.74. The zero-order valence-electron chi connectivity index (χ0n) is 15.5. The summed E-state index contributed by atoms with van der Waals surface area (Å²) in [5.41, 5.74) is 3.54. The third kappa shape index (κ3) is 3.37. The van der Waals surface area contributed by atoms with Gasteiger partial charge in [0.1, 0.15) is 5.69 Å². The van der Waals surface area contributed by atoms with E-state index < -0.39 is 0 Å². The van der Waals surface area contributed by atoms with Gasteiger partial charge < -0.3 is 10.6 Å². The number of H-pyrrole nitrogens is 1. The number of aromatic amines is 1. The highest BCUT2D eigenvalue weighted by atomic mass is 16.2. The number of nitrogens with zero attached hydrogens (tertiary/aromatic N) is 2. The van der Waals surface area contributed by atoms with Crippen LogP contribution in [0.3, 0.4) is 0 Å². The molecule has 2 aromatic carbocycles. The second kappa shape index (κ2) is 7.03. The molecule has 140 valence electrons. The van der Waals surface area contributed by atoms with Crippen LogP contribution in [-0.2, 0) is 0 Å². The van der Waals surface area contributed by atoms with Gasteiger partial charge in [0.05, 0.1) is 0 Å². The number of carbonyl (C=O) groups is 1. The molecule has 1 amide bonds. The lowest BCUT2D eigenvalue weighted by molar-refractivity contribution is 0.102. The van der Waals surface area contributed by atoms with Gasteiger partial charge in [0.2, 0.25) is 0 Å². The molecule has 0 bridgehead atoms. The number of benzene rings is 2. The number of hydrogen-bond donors (Lipinski definition) is 3. The van der Waals surface area contributed by atoms with Crippen LogP contribution in [0, 0.1) is 13.8 Å². The summed E-state index contributed by atoms with van der Waals surface area (Å²) in [5, 5.41) is 9.10. The molecule has 4 aromatic rings. The Morgan fingerprint density at radius 1 is 1.04 bits per heavy atom. The van der Waals surface area contributed by atoms with Gasteiger partial charge in [0.25, 0.3) is 11.5 Å². The minimum absolute atomic E-state index is 0.255. The minimum Gasteiger partial charge on any atom is -0.339 e. The zero-order chi connectivity index (χ0) is 19.7. The number of anilines is 3. The van der Waals surface area contributed by atoms with Gasteiger partial charge in [0.15, 0.2) is 11.5 Å². The van der Waals surface area contributed by atoms with Gasteiger partial charge >= 0.3 is 0 Å². The highest BCUT2D eigenvalue weighted by Gasteiger charge is 2.18. The molecule has 0 fully saturated rings. The Bertz CT molecular complexity index is 1210. The third-order valence-electron chi connectivity index (χ3n) is 4.34. The average molecular weight is 373 g/mol. The molecule has 0 aliphatic carbocycles. The maximum Gasteiger partial charge on any atom is 0.273 e. The number of amides is 1. The Morgan fingerprint density at radius 3 is 2.46 bits per heavy atom. The van der Waals surface area contributed by atoms with Crippen LogP contribution in [0.4, 0.5) is 17.2 Å². The van der Waals surface area contributed by atoms with Crippen molar-refractivity contribution in [3.63, 3.8) is 0 Å². The fourth-order valence-corrected chi connectivity index (χ4v) is 2.92. The van der Waals surface area contributed by atoms with E-state index in [4.69, 9.17) is 0 Å².